The zero-order chi connectivity index (χ0) is 31.6. The van der Waals surface area contributed by atoms with Crippen molar-refractivity contribution in [1.82, 2.24) is 16.1 Å². The molecule has 0 fully saturated rings. The molecule has 1 aliphatic rings. The van der Waals surface area contributed by atoms with Crippen LogP contribution in [0.25, 0.3) is 0 Å². The molecule has 0 aliphatic carbocycles. The zero-order valence-corrected chi connectivity index (χ0v) is 25.7. The summed E-state index contributed by atoms with van der Waals surface area (Å²) in [5.74, 6) is 0.826. The van der Waals surface area contributed by atoms with Gasteiger partial charge >= 0.3 is 12.0 Å². The van der Waals surface area contributed by atoms with E-state index in [0.29, 0.717) is 51.8 Å². The quantitative estimate of drug-likeness (QED) is 0.0875. The third-order valence-electron chi connectivity index (χ3n) is 6.38. The Bertz CT molecular complexity index is 1550. The monoisotopic (exact) mass is 642 g/mol. The van der Waals surface area contributed by atoms with E-state index < -0.39 is 24.3 Å². The maximum atomic E-state index is 12.4. The number of aliphatic hydroxyl groups is 1. The number of nitrogens with one attached hydrogen (secondary N) is 3. The Morgan fingerprint density at radius 1 is 1.05 bits per heavy atom. The van der Waals surface area contributed by atoms with Gasteiger partial charge in [-0.1, -0.05) is 35.3 Å². The van der Waals surface area contributed by atoms with Gasteiger partial charge in [0.1, 0.15) is 19.0 Å². The Morgan fingerprint density at radius 2 is 1.82 bits per heavy atom. The minimum Gasteiger partial charge on any atom is -0.490 e. The molecular weight excluding hydrogens is 611 g/mol. The van der Waals surface area contributed by atoms with Crippen molar-refractivity contribution < 1.29 is 33.6 Å². The number of benzene rings is 3. The molecule has 2 atom stereocenters. The number of hydrogen-bond donors (Lipinski definition) is 4. The molecule has 13 heteroatoms. The summed E-state index contributed by atoms with van der Waals surface area (Å²) in [6, 6.07) is 16.4. The van der Waals surface area contributed by atoms with Crippen LogP contribution in [0, 0.1) is 0 Å². The summed E-state index contributed by atoms with van der Waals surface area (Å²) in [5.41, 5.74) is 5.54. The first-order chi connectivity index (χ1) is 21.2. The number of aliphatic hydroxyl groups excluding tert-OH is 1. The third kappa shape index (κ3) is 8.56. The molecule has 4 rings (SSSR count). The zero-order valence-electron chi connectivity index (χ0n) is 24.2. The van der Waals surface area contributed by atoms with E-state index in [9.17, 15) is 14.7 Å². The normalized spacial score (nSPS) is 15.3. The van der Waals surface area contributed by atoms with E-state index in [2.05, 4.69) is 21.2 Å². The Hall–Kier alpha value is -4.45. The van der Waals surface area contributed by atoms with E-state index in [4.69, 9.17) is 42.1 Å². The molecule has 3 aromatic rings. The van der Waals surface area contributed by atoms with E-state index in [-0.39, 0.29) is 12.2 Å². The summed E-state index contributed by atoms with van der Waals surface area (Å²) in [4.78, 5) is 24.6. The number of carbonyl (C=O) groups is 2. The molecule has 11 nitrogen and oxygen atoms in total. The second kappa shape index (κ2) is 15.3. The lowest BCUT2D eigenvalue weighted by Crippen LogP contribution is -2.45. The second-order valence-corrected chi connectivity index (χ2v) is 10.3. The molecule has 1 aliphatic heterocycles. The summed E-state index contributed by atoms with van der Waals surface area (Å²) < 4.78 is 22.2. The lowest BCUT2D eigenvalue weighted by molar-refractivity contribution is -0.136. The third-order valence-corrected chi connectivity index (χ3v) is 7.12. The Kier molecular flexibility index (Phi) is 11.3. The molecule has 3 aromatic carbocycles. The summed E-state index contributed by atoms with van der Waals surface area (Å²) in [5, 5.41) is 20.7. The summed E-state index contributed by atoms with van der Waals surface area (Å²) >= 11 is 12.0. The van der Waals surface area contributed by atoms with Crippen LogP contribution < -0.4 is 30.3 Å². The van der Waals surface area contributed by atoms with E-state index in [1.165, 1.54) is 7.11 Å². The molecule has 2 amide bonds. The van der Waals surface area contributed by atoms with Crippen molar-refractivity contribution in [2.24, 2.45) is 5.10 Å². The highest BCUT2D eigenvalue weighted by Crippen LogP contribution is 2.35. The topological polar surface area (TPSA) is 140 Å². The number of halogens is 2. The highest BCUT2D eigenvalue weighted by molar-refractivity contribution is 6.42. The van der Waals surface area contributed by atoms with E-state index in [0.717, 1.165) is 11.1 Å². The number of urea groups is 1. The van der Waals surface area contributed by atoms with Gasteiger partial charge in [0, 0.05) is 5.70 Å². The number of nitrogens with zero attached hydrogens (tertiary/aromatic N) is 1. The molecule has 0 bridgehead atoms. The molecule has 0 radical (unpaired) electrons. The molecule has 4 N–H and O–H groups in total. The molecule has 0 aromatic heterocycles. The van der Waals surface area contributed by atoms with Crippen molar-refractivity contribution in [3.05, 3.63) is 98.7 Å². The van der Waals surface area contributed by atoms with Crippen LogP contribution in [0.4, 0.5) is 4.79 Å². The van der Waals surface area contributed by atoms with Crippen LogP contribution in [0.3, 0.4) is 0 Å². The number of ether oxygens (including phenoxy) is 4. The first-order valence-corrected chi connectivity index (χ1v) is 14.3. The van der Waals surface area contributed by atoms with Gasteiger partial charge in [0.2, 0.25) is 0 Å². The maximum absolute atomic E-state index is 12.4. The second-order valence-electron chi connectivity index (χ2n) is 9.52. The number of esters is 1. The van der Waals surface area contributed by atoms with Gasteiger partial charge in [0.15, 0.2) is 17.7 Å². The van der Waals surface area contributed by atoms with Crippen molar-refractivity contribution in [2.45, 2.75) is 32.7 Å². The number of carbonyl (C=O) groups excluding carboxylic acids is 2. The summed E-state index contributed by atoms with van der Waals surface area (Å²) in [6.45, 7) is 3.97. The van der Waals surface area contributed by atoms with Crippen molar-refractivity contribution in [3.8, 4) is 17.2 Å². The first kappa shape index (κ1) is 32.5. The van der Waals surface area contributed by atoms with Crippen LogP contribution in [0.2, 0.25) is 10.0 Å². The summed E-state index contributed by atoms with van der Waals surface area (Å²) in [6.07, 6.45) is 0.420. The van der Waals surface area contributed by atoms with Gasteiger partial charge in [-0.2, -0.15) is 5.10 Å². The number of allylic oxidation sites excluding steroid dienone is 1. The average molecular weight is 644 g/mol. The van der Waals surface area contributed by atoms with Crippen LogP contribution in [0.15, 0.2) is 77.0 Å². The molecule has 0 unspecified atom stereocenters. The fraction of sp³-hybridized carbons (Fsp3) is 0.258. The number of hydrogen-bond acceptors (Lipinski definition) is 9. The smallest absolute Gasteiger partial charge is 0.337 e. The SMILES string of the molecule is CCOc1cc([C@@H]2NC(=O)NC(C)=C2C(=O)OC)ccc1OC[C@H](O)N/N=C\c1ccc(OCc2ccc(Cl)c(Cl)c2)cc1. The van der Waals surface area contributed by atoms with E-state index in [1.807, 2.05) is 25.1 Å². The number of methoxy groups -OCH3 is 1. The number of rotatable bonds is 13. The fourth-order valence-corrected chi connectivity index (χ4v) is 4.59. The molecule has 0 spiro atoms. The summed E-state index contributed by atoms with van der Waals surface area (Å²) in [7, 11) is 1.27. The predicted molar refractivity (Wildman–Crippen MR) is 166 cm³/mol. The van der Waals surface area contributed by atoms with Crippen LogP contribution in [0.5, 0.6) is 17.2 Å². The Morgan fingerprint density at radius 3 is 2.52 bits per heavy atom. The largest absolute Gasteiger partial charge is 0.490 e. The van der Waals surface area contributed by atoms with Crippen LogP contribution >= 0.6 is 23.2 Å². The molecule has 232 valence electrons. The number of hydrazone groups is 1. The van der Waals surface area contributed by atoms with Crippen LogP contribution in [0.1, 0.15) is 36.6 Å². The molecule has 1 heterocycles. The predicted octanol–water partition coefficient (Wildman–Crippen LogP) is 5.09. The van der Waals surface area contributed by atoms with Crippen molar-refractivity contribution in [3.63, 3.8) is 0 Å². The van der Waals surface area contributed by atoms with Gasteiger partial charge in [-0.15, -0.1) is 0 Å². The number of amides is 2. The van der Waals surface area contributed by atoms with Gasteiger partial charge in [-0.3, -0.25) is 5.43 Å². The lowest BCUT2D eigenvalue weighted by Gasteiger charge is -2.28. The highest BCUT2D eigenvalue weighted by atomic mass is 35.5. The van der Waals surface area contributed by atoms with Crippen molar-refractivity contribution in [2.75, 3.05) is 20.3 Å². The molecule has 44 heavy (non-hydrogen) atoms. The van der Waals surface area contributed by atoms with Gasteiger partial charge < -0.3 is 34.7 Å². The van der Waals surface area contributed by atoms with Crippen molar-refractivity contribution in [1.29, 1.82) is 0 Å². The standard InChI is InChI=1S/C31H32Cl2N4O7/c1-4-42-26-14-21(29-28(30(39)41-3)18(2)35-31(40)36-29)8-12-25(26)44-17-27(38)37-34-15-19-5-9-22(10-6-19)43-16-20-7-11-23(32)24(33)13-20/h5-15,27,29,37-38H,4,16-17H2,1-3H3,(H2,35,36,40)/b34-15-/t27-,29-/m0/s1. The van der Waals surface area contributed by atoms with Gasteiger partial charge in [0.05, 0.1) is 41.6 Å². The van der Waals surface area contributed by atoms with Gasteiger partial charge in [0.25, 0.3) is 0 Å². The minimum absolute atomic E-state index is 0.144. The lowest BCUT2D eigenvalue weighted by atomic mass is 9.95. The highest BCUT2D eigenvalue weighted by Gasteiger charge is 2.32. The maximum Gasteiger partial charge on any atom is 0.337 e. The molecule has 0 saturated heterocycles. The van der Waals surface area contributed by atoms with Crippen LogP contribution in [-0.2, 0) is 16.1 Å². The van der Waals surface area contributed by atoms with E-state index >= 15 is 0 Å². The van der Waals surface area contributed by atoms with Crippen LogP contribution in [-0.4, -0.2) is 49.9 Å². The van der Waals surface area contributed by atoms with Crippen molar-refractivity contribution >= 4 is 41.4 Å². The molecular formula is C31H32Cl2N4O7. The Balaban J connectivity index is 1.32. The minimum atomic E-state index is -1.13. The van der Waals surface area contributed by atoms with Gasteiger partial charge in [-0.05, 0) is 79.1 Å². The Labute approximate surface area is 264 Å². The fourth-order valence-electron chi connectivity index (χ4n) is 4.27. The molecule has 0 saturated carbocycles. The first-order valence-electron chi connectivity index (χ1n) is 13.6. The van der Waals surface area contributed by atoms with Gasteiger partial charge in [-0.25, -0.2) is 9.59 Å². The van der Waals surface area contributed by atoms with E-state index in [1.54, 1.807) is 55.6 Å². The average Bonchev–Trinajstić information content (AvgIpc) is 3.01.